The van der Waals surface area contributed by atoms with Crippen LogP contribution < -0.4 is 5.32 Å². The number of thiazole rings is 1. The number of nitrogens with one attached hydrogen (secondary N) is 1. The van der Waals surface area contributed by atoms with Crippen LogP contribution in [-0.2, 0) is 20.5 Å². The van der Waals surface area contributed by atoms with Gasteiger partial charge in [-0.05, 0) is 30.7 Å². The Morgan fingerprint density at radius 1 is 1.26 bits per heavy atom. The van der Waals surface area contributed by atoms with Crippen LogP contribution in [0.2, 0.25) is 0 Å². The van der Waals surface area contributed by atoms with Gasteiger partial charge in [-0.3, -0.25) is 19.4 Å². The van der Waals surface area contributed by atoms with E-state index in [4.69, 9.17) is 4.74 Å². The molecular formula is C21H18F4N4O4S. The van der Waals surface area contributed by atoms with E-state index in [1.807, 2.05) is 0 Å². The smallest absolute Gasteiger partial charge is 0.419 e. The van der Waals surface area contributed by atoms with Crippen molar-refractivity contribution < 1.29 is 36.7 Å². The number of imide groups is 1. The number of amides is 4. The van der Waals surface area contributed by atoms with Gasteiger partial charge in [-0.25, -0.2) is 14.2 Å². The van der Waals surface area contributed by atoms with E-state index in [2.05, 4.69) is 10.3 Å². The van der Waals surface area contributed by atoms with E-state index in [-0.39, 0.29) is 22.8 Å². The number of nitrogens with zero attached hydrogens (tertiary/aromatic N) is 3. The van der Waals surface area contributed by atoms with Crippen molar-refractivity contribution in [2.75, 3.05) is 19.4 Å². The standard InChI is InChI=1S/C21H18F4N4O4S/c1-9-11(16-17(31)28(2)20(32)29(3)18(16)33-9)7-15(30)27-19-26-14(8-34-19)10-4-5-13(22)12(6-10)21(23,24)25/h4-6,8,16,18H,7H2,1-3H3,(H,26,27,30). The number of anilines is 1. The second-order valence-electron chi connectivity index (χ2n) is 7.81. The van der Waals surface area contributed by atoms with Crippen LogP contribution in [0.4, 0.5) is 27.5 Å². The van der Waals surface area contributed by atoms with E-state index in [1.54, 1.807) is 6.92 Å². The molecule has 0 spiro atoms. The van der Waals surface area contributed by atoms with Crippen molar-refractivity contribution >= 4 is 34.3 Å². The molecule has 1 aromatic heterocycles. The number of carbonyl (C=O) groups excluding carboxylic acids is 3. The monoisotopic (exact) mass is 498 g/mol. The average molecular weight is 498 g/mol. The molecule has 0 saturated carbocycles. The normalized spacial score (nSPS) is 20.6. The molecule has 4 rings (SSSR count). The minimum atomic E-state index is -4.86. The maximum absolute atomic E-state index is 13.5. The van der Waals surface area contributed by atoms with Crippen LogP contribution in [0.3, 0.4) is 0 Å². The van der Waals surface area contributed by atoms with E-state index >= 15 is 0 Å². The quantitative estimate of drug-likeness (QED) is 0.642. The first-order valence-corrected chi connectivity index (χ1v) is 10.8. The Bertz CT molecular complexity index is 1230. The second kappa shape index (κ2) is 8.38. The number of halogens is 4. The molecule has 0 aliphatic carbocycles. The molecule has 1 saturated heterocycles. The Balaban J connectivity index is 1.49. The van der Waals surface area contributed by atoms with Gasteiger partial charge in [-0.2, -0.15) is 13.2 Å². The van der Waals surface area contributed by atoms with Gasteiger partial charge in [0.15, 0.2) is 11.4 Å². The number of hydrogen-bond acceptors (Lipinski definition) is 6. The summed E-state index contributed by atoms with van der Waals surface area (Å²) in [7, 11) is 2.84. The highest BCUT2D eigenvalue weighted by molar-refractivity contribution is 7.14. The number of allylic oxidation sites excluding steroid dienone is 1. The molecule has 2 atom stereocenters. The van der Waals surface area contributed by atoms with Crippen molar-refractivity contribution in [1.29, 1.82) is 0 Å². The summed E-state index contributed by atoms with van der Waals surface area (Å²) >= 11 is 0.980. The number of fused-ring (bicyclic) bond motifs is 1. The fourth-order valence-electron chi connectivity index (χ4n) is 3.87. The highest BCUT2D eigenvalue weighted by Crippen LogP contribution is 2.39. The van der Waals surface area contributed by atoms with Crippen molar-refractivity contribution in [2.24, 2.45) is 5.92 Å². The highest BCUT2D eigenvalue weighted by atomic mass is 32.1. The summed E-state index contributed by atoms with van der Waals surface area (Å²) in [6.45, 7) is 1.60. The van der Waals surface area contributed by atoms with E-state index in [1.165, 1.54) is 30.4 Å². The maximum atomic E-state index is 13.5. The molecule has 2 aromatic rings. The molecule has 180 valence electrons. The van der Waals surface area contributed by atoms with E-state index in [0.29, 0.717) is 23.5 Å². The lowest BCUT2D eigenvalue weighted by atomic mass is 9.92. The summed E-state index contributed by atoms with van der Waals surface area (Å²) < 4.78 is 58.2. The minimum Gasteiger partial charge on any atom is -0.474 e. The van der Waals surface area contributed by atoms with E-state index in [9.17, 15) is 31.9 Å². The molecule has 13 heteroatoms. The molecule has 34 heavy (non-hydrogen) atoms. The van der Waals surface area contributed by atoms with E-state index in [0.717, 1.165) is 16.2 Å². The van der Waals surface area contributed by atoms with Crippen molar-refractivity contribution in [3.8, 4) is 11.3 Å². The molecule has 4 amide bonds. The van der Waals surface area contributed by atoms with Gasteiger partial charge in [0.2, 0.25) is 11.8 Å². The number of hydrogen-bond donors (Lipinski definition) is 1. The van der Waals surface area contributed by atoms with Gasteiger partial charge < -0.3 is 10.1 Å². The van der Waals surface area contributed by atoms with Crippen LogP contribution in [0.1, 0.15) is 18.9 Å². The molecule has 1 N–H and O–H groups in total. The molecule has 2 aliphatic rings. The topological polar surface area (TPSA) is 91.8 Å². The molecule has 1 fully saturated rings. The Labute approximate surface area is 194 Å². The number of urea groups is 1. The molecule has 8 nitrogen and oxygen atoms in total. The third kappa shape index (κ3) is 4.11. The number of carbonyl (C=O) groups is 3. The van der Waals surface area contributed by atoms with Crippen LogP contribution in [0.5, 0.6) is 0 Å². The SMILES string of the molecule is CC1=C(CC(=O)Nc2nc(-c3ccc(F)c(C(F)(F)F)c3)cs2)C2C(=O)N(C)C(=O)N(C)C2O1. The van der Waals surface area contributed by atoms with Crippen LogP contribution in [0, 0.1) is 11.7 Å². The molecule has 2 aliphatic heterocycles. The summed E-state index contributed by atoms with van der Waals surface area (Å²) in [6, 6.07) is 2.01. The molecule has 3 heterocycles. The summed E-state index contributed by atoms with van der Waals surface area (Å²) in [5.41, 5.74) is -0.814. The van der Waals surface area contributed by atoms with Gasteiger partial charge in [0.05, 0.1) is 23.4 Å². The first kappa shape index (κ1) is 23.7. The lowest BCUT2D eigenvalue weighted by molar-refractivity contribution is -0.142. The summed E-state index contributed by atoms with van der Waals surface area (Å²) in [5.74, 6) is -2.87. The summed E-state index contributed by atoms with van der Waals surface area (Å²) in [5, 5.41) is 4.10. The van der Waals surface area contributed by atoms with Gasteiger partial charge >= 0.3 is 12.2 Å². The van der Waals surface area contributed by atoms with Gasteiger partial charge in [-0.15, -0.1) is 11.3 Å². The lowest BCUT2D eigenvalue weighted by Gasteiger charge is -2.37. The van der Waals surface area contributed by atoms with Gasteiger partial charge in [-0.1, -0.05) is 0 Å². The van der Waals surface area contributed by atoms with Crippen LogP contribution in [0.15, 0.2) is 34.9 Å². The Morgan fingerprint density at radius 3 is 2.65 bits per heavy atom. The largest absolute Gasteiger partial charge is 0.474 e. The highest BCUT2D eigenvalue weighted by Gasteiger charge is 2.51. The number of alkyl halides is 3. The Kier molecular flexibility index (Phi) is 5.84. The summed E-state index contributed by atoms with van der Waals surface area (Å²) in [6.07, 6.45) is -5.91. The van der Waals surface area contributed by atoms with Crippen molar-refractivity contribution in [3.63, 3.8) is 0 Å². The second-order valence-corrected chi connectivity index (χ2v) is 8.67. The third-order valence-corrected chi connectivity index (χ3v) is 6.40. The third-order valence-electron chi connectivity index (χ3n) is 5.65. The lowest BCUT2D eigenvalue weighted by Crippen LogP contribution is -2.58. The number of aromatic nitrogens is 1. The number of benzene rings is 1. The molecule has 0 bridgehead atoms. The van der Waals surface area contributed by atoms with Crippen LogP contribution >= 0.6 is 11.3 Å². The summed E-state index contributed by atoms with van der Waals surface area (Å²) in [4.78, 5) is 43.8. The fourth-order valence-corrected chi connectivity index (χ4v) is 4.61. The van der Waals surface area contributed by atoms with Crippen LogP contribution in [-0.4, -0.2) is 53.0 Å². The van der Waals surface area contributed by atoms with Gasteiger partial charge in [0.25, 0.3) is 0 Å². The molecule has 0 radical (unpaired) electrons. The Hall–Kier alpha value is -3.48. The average Bonchev–Trinajstić information content (AvgIpc) is 3.35. The molecular weight excluding hydrogens is 480 g/mol. The zero-order chi connectivity index (χ0) is 24.9. The molecule has 2 unspecified atom stereocenters. The first-order valence-electron chi connectivity index (χ1n) is 9.91. The Morgan fingerprint density at radius 2 is 1.97 bits per heavy atom. The predicted octanol–water partition coefficient (Wildman–Crippen LogP) is 4.07. The number of ether oxygens (including phenoxy) is 1. The zero-order valence-corrected chi connectivity index (χ0v) is 18.9. The van der Waals surface area contributed by atoms with Crippen molar-refractivity contribution in [3.05, 3.63) is 46.3 Å². The first-order chi connectivity index (χ1) is 15.9. The van der Waals surface area contributed by atoms with Gasteiger partial charge in [0.1, 0.15) is 11.7 Å². The molecule has 1 aromatic carbocycles. The van der Waals surface area contributed by atoms with Crippen molar-refractivity contribution in [2.45, 2.75) is 25.7 Å². The fraction of sp³-hybridized carbons (Fsp3) is 0.333. The predicted molar refractivity (Wildman–Crippen MR) is 113 cm³/mol. The van der Waals surface area contributed by atoms with Crippen molar-refractivity contribution in [1.82, 2.24) is 14.8 Å². The number of rotatable bonds is 4. The van der Waals surface area contributed by atoms with E-state index < -0.39 is 47.5 Å². The minimum absolute atomic E-state index is 0.0413. The van der Waals surface area contributed by atoms with Crippen LogP contribution in [0.25, 0.3) is 11.3 Å². The maximum Gasteiger partial charge on any atom is 0.419 e. The zero-order valence-electron chi connectivity index (χ0n) is 18.1. The van der Waals surface area contributed by atoms with Gasteiger partial charge in [0, 0.05) is 25.0 Å².